The molecule has 0 heterocycles. The third-order valence-corrected chi connectivity index (χ3v) is 7.98. The van der Waals surface area contributed by atoms with Gasteiger partial charge in [-0.2, -0.15) is 0 Å². The van der Waals surface area contributed by atoms with Gasteiger partial charge < -0.3 is 9.47 Å². The molecule has 10 heteroatoms. The number of nitrogens with zero attached hydrogens (tertiary/aromatic N) is 1. The predicted molar refractivity (Wildman–Crippen MR) is 123 cm³/mol. The lowest BCUT2D eigenvalue weighted by Crippen LogP contribution is -2.30. The summed E-state index contributed by atoms with van der Waals surface area (Å²) in [7, 11) is -5.11. The molecule has 0 amide bonds. The summed E-state index contributed by atoms with van der Waals surface area (Å²) in [5.41, 5.74) is 0.514. The molecule has 0 saturated heterocycles. The topological polar surface area (TPSA) is 102 Å². The Balaban J connectivity index is 2.01. The van der Waals surface area contributed by atoms with E-state index in [1.54, 1.807) is 37.3 Å². The van der Waals surface area contributed by atoms with Crippen LogP contribution >= 0.6 is 0 Å². The van der Waals surface area contributed by atoms with Crippen molar-refractivity contribution >= 4 is 31.4 Å². The summed E-state index contributed by atoms with van der Waals surface area (Å²) >= 11 is 0. The fourth-order valence-corrected chi connectivity index (χ4v) is 5.66. The van der Waals surface area contributed by atoms with E-state index < -0.39 is 20.0 Å². The monoisotopic (exact) mass is 476 g/mol. The molecular weight excluding hydrogens is 452 g/mol. The number of anilines is 2. The lowest BCUT2D eigenvalue weighted by molar-refractivity contribution is 0.414. The molecule has 0 aliphatic heterocycles. The third-order valence-electron chi connectivity index (χ3n) is 4.70. The molecule has 0 atom stereocenters. The highest BCUT2D eigenvalue weighted by Crippen LogP contribution is 2.32. The molecule has 170 valence electrons. The molecule has 3 rings (SSSR count). The first kappa shape index (κ1) is 23.4. The minimum atomic E-state index is -4.01. The van der Waals surface area contributed by atoms with Gasteiger partial charge in [-0.1, -0.05) is 18.2 Å². The Hall–Kier alpha value is -3.24. The predicted octanol–water partition coefficient (Wildman–Crippen LogP) is 3.72. The Labute approximate surface area is 188 Å². The van der Waals surface area contributed by atoms with Crippen LogP contribution in [-0.2, 0) is 20.0 Å². The molecule has 0 fully saturated rings. The van der Waals surface area contributed by atoms with Gasteiger partial charge in [0, 0.05) is 6.54 Å². The minimum Gasteiger partial charge on any atom is -0.497 e. The van der Waals surface area contributed by atoms with Crippen LogP contribution in [0.25, 0.3) is 0 Å². The van der Waals surface area contributed by atoms with Gasteiger partial charge in [0.2, 0.25) is 0 Å². The SMILES string of the molecule is CCN(c1ccccc1)S(=O)(=O)c1ccc(OC)c(NS(=O)(=O)c2ccc(OC)cc2)c1. The van der Waals surface area contributed by atoms with Crippen molar-refractivity contribution in [1.29, 1.82) is 0 Å². The van der Waals surface area contributed by atoms with Crippen LogP contribution in [-0.4, -0.2) is 37.6 Å². The number of benzene rings is 3. The lowest BCUT2D eigenvalue weighted by Gasteiger charge is -2.23. The van der Waals surface area contributed by atoms with Crippen LogP contribution in [0.15, 0.2) is 82.6 Å². The molecule has 0 aliphatic carbocycles. The number of hydrogen-bond donors (Lipinski definition) is 1. The van der Waals surface area contributed by atoms with Gasteiger partial charge in [-0.3, -0.25) is 9.03 Å². The van der Waals surface area contributed by atoms with Crippen LogP contribution in [0.3, 0.4) is 0 Å². The van der Waals surface area contributed by atoms with E-state index in [0.717, 1.165) is 0 Å². The van der Waals surface area contributed by atoms with Gasteiger partial charge in [0.15, 0.2) is 0 Å². The van der Waals surface area contributed by atoms with Crippen molar-refractivity contribution in [2.24, 2.45) is 0 Å². The largest absolute Gasteiger partial charge is 0.497 e. The van der Waals surface area contributed by atoms with E-state index >= 15 is 0 Å². The van der Waals surface area contributed by atoms with Crippen LogP contribution in [0.5, 0.6) is 11.5 Å². The molecule has 0 aromatic heterocycles. The van der Waals surface area contributed by atoms with Gasteiger partial charge in [-0.15, -0.1) is 0 Å². The third kappa shape index (κ3) is 4.81. The van der Waals surface area contributed by atoms with Crippen molar-refractivity contribution in [3.8, 4) is 11.5 Å². The normalized spacial score (nSPS) is 11.6. The van der Waals surface area contributed by atoms with Crippen LogP contribution < -0.4 is 18.5 Å². The van der Waals surface area contributed by atoms with Crippen molar-refractivity contribution in [2.45, 2.75) is 16.7 Å². The highest BCUT2D eigenvalue weighted by molar-refractivity contribution is 7.93. The average Bonchev–Trinajstić information content (AvgIpc) is 2.80. The van der Waals surface area contributed by atoms with E-state index in [9.17, 15) is 16.8 Å². The van der Waals surface area contributed by atoms with Gasteiger partial charge in [-0.05, 0) is 61.5 Å². The van der Waals surface area contributed by atoms with Crippen molar-refractivity contribution in [1.82, 2.24) is 0 Å². The zero-order chi connectivity index (χ0) is 23.4. The summed E-state index contributed by atoms with van der Waals surface area (Å²) in [6.45, 7) is 1.92. The first-order valence-electron chi connectivity index (χ1n) is 9.65. The van der Waals surface area contributed by atoms with E-state index in [0.29, 0.717) is 11.4 Å². The van der Waals surface area contributed by atoms with Gasteiger partial charge in [0.25, 0.3) is 20.0 Å². The number of hydrogen-bond acceptors (Lipinski definition) is 6. The van der Waals surface area contributed by atoms with Gasteiger partial charge in [0.1, 0.15) is 11.5 Å². The maximum atomic E-state index is 13.3. The Bertz CT molecular complexity index is 1280. The number of nitrogens with one attached hydrogen (secondary N) is 1. The second kappa shape index (κ2) is 9.49. The molecule has 1 N–H and O–H groups in total. The zero-order valence-electron chi connectivity index (χ0n) is 17.8. The first-order valence-corrected chi connectivity index (χ1v) is 12.6. The van der Waals surface area contributed by atoms with Crippen molar-refractivity contribution < 1.29 is 26.3 Å². The molecule has 0 unspecified atom stereocenters. The highest BCUT2D eigenvalue weighted by Gasteiger charge is 2.26. The number of methoxy groups -OCH3 is 2. The summed E-state index contributed by atoms with van der Waals surface area (Å²) < 4.78 is 66.4. The summed E-state index contributed by atoms with van der Waals surface area (Å²) in [6.07, 6.45) is 0. The molecule has 0 saturated carbocycles. The number of sulfonamides is 2. The maximum Gasteiger partial charge on any atom is 0.264 e. The summed E-state index contributed by atoms with van der Waals surface area (Å²) in [6, 6.07) is 18.5. The quantitative estimate of drug-likeness (QED) is 0.505. The first-order chi connectivity index (χ1) is 15.2. The maximum absolute atomic E-state index is 13.3. The van der Waals surface area contributed by atoms with Crippen LogP contribution in [0.1, 0.15) is 6.92 Å². The lowest BCUT2D eigenvalue weighted by atomic mass is 10.3. The van der Waals surface area contributed by atoms with E-state index in [4.69, 9.17) is 9.47 Å². The Morgan fingerprint density at radius 2 is 1.44 bits per heavy atom. The number of rotatable bonds is 9. The van der Waals surface area contributed by atoms with Gasteiger partial charge >= 0.3 is 0 Å². The van der Waals surface area contributed by atoms with Crippen molar-refractivity contribution in [3.63, 3.8) is 0 Å². The molecule has 3 aromatic rings. The number of ether oxygens (including phenoxy) is 2. The van der Waals surface area contributed by atoms with Crippen LogP contribution in [0, 0.1) is 0 Å². The van der Waals surface area contributed by atoms with Gasteiger partial charge in [0.05, 0.1) is 35.4 Å². The van der Waals surface area contributed by atoms with Crippen molar-refractivity contribution in [2.75, 3.05) is 29.8 Å². The molecule has 3 aromatic carbocycles. The standard InChI is InChI=1S/C22H24N2O6S2/c1-4-24(17-8-6-5-7-9-17)32(27,28)20-14-15-22(30-3)21(16-20)23-31(25,26)19-12-10-18(29-2)11-13-19/h5-16,23H,4H2,1-3H3. The fraction of sp³-hybridized carbons (Fsp3) is 0.182. The molecular formula is C22H24N2O6S2. The second-order valence-corrected chi connectivity index (χ2v) is 10.2. The van der Waals surface area contributed by atoms with E-state index in [1.807, 2.05) is 0 Å². The Morgan fingerprint density at radius 1 is 0.812 bits per heavy atom. The molecule has 0 spiro atoms. The second-order valence-electron chi connectivity index (χ2n) is 6.65. The number of para-hydroxylation sites is 1. The summed E-state index contributed by atoms with van der Waals surface area (Å²) in [5.74, 6) is 0.694. The fourth-order valence-electron chi connectivity index (χ4n) is 3.10. The molecule has 32 heavy (non-hydrogen) atoms. The van der Waals surface area contributed by atoms with E-state index in [1.165, 1.54) is 61.0 Å². The molecule has 0 aliphatic rings. The highest BCUT2D eigenvalue weighted by atomic mass is 32.2. The molecule has 8 nitrogen and oxygen atoms in total. The van der Waals surface area contributed by atoms with Crippen molar-refractivity contribution in [3.05, 3.63) is 72.8 Å². The van der Waals surface area contributed by atoms with Gasteiger partial charge in [-0.25, -0.2) is 16.8 Å². The molecule has 0 radical (unpaired) electrons. The van der Waals surface area contributed by atoms with Crippen LogP contribution in [0.2, 0.25) is 0 Å². The summed E-state index contributed by atoms with van der Waals surface area (Å²) in [5, 5.41) is 0. The zero-order valence-corrected chi connectivity index (χ0v) is 19.5. The van der Waals surface area contributed by atoms with E-state index in [-0.39, 0.29) is 27.8 Å². The average molecular weight is 477 g/mol. The minimum absolute atomic E-state index is 0.00640. The van der Waals surface area contributed by atoms with E-state index in [2.05, 4.69) is 4.72 Å². The Morgan fingerprint density at radius 3 is 2.00 bits per heavy atom. The molecule has 0 bridgehead atoms. The summed E-state index contributed by atoms with van der Waals surface area (Å²) in [4.78, 5) is -0.0792. The smallest absolute Gasteiger partial charge is 0.264 e. The van der Waals surface area contributed by atoms with Crippen LogP contribution in [0.4, 0.5) is 11.4 Å². The Kier molecular flexibility index (Phi) is 6.95.